The number of aromatic nitrogens is 2. The first-order chi connectivity index (χ1) is 16.5. The van der Waals surface area contributed by atoms with E-state index >= 15 is 0 Å². The molecule has 1 saturated heterocycles. The van der Waals surface area contributed by atoms with Crippen molar-refractivity contribution in [3.05, 3.63) is 65.5 Å². The monoisotopic (exact) mass is 468 g/mol. The number of carbonyl (C=O) groups excluding carboxylic acids is 2. The van der Waals surface area contributed by atoms with Gasteiger partial charge in [0, 0.05) is 24.0 Å². The maximum atomic E-state index is 14.5. The van der Waals surface area contributed by atoms with Crippen LogP contribution in [-0.2, 0) is 9.63 Å². The SMILES string of the molecule is O=C(NOC(=O)C1CCCCC1)c1cnn2ccc(N3CCC[C@@H]3c3cc(F)ccc3F)cc12. The highest BCUT2D eigenvalue weighted by Gasteiger charge is 2.30. The zero-order valence-electron chi connectivity index (χ0n) is 18.7. The van der Waals surface area contributed by atoms with Crippen molar-refractivity contribution in [2.45, 2.75) is 51.0 Å². The smallest absolute Gasteiger partial charge is 0.335 e. The van der Waals surface area contributed by atoms with E-state index in [-0.39, 0.29) is 17.5 Å². The maximum absolute atomic E-state index is 14.5. The van der Waals surface area contributed by atoms with Crippen molar-refractivity contribution in [1.82, 2.24) is 15.1 Å². The van der Waals surface area contributed by atoms with Gasteiger partial charge in [-0.15, -0.1) is 0 Å². The van der Waals surface area contributed by atoms with Gasteiger partial charge in [-0.25, -0.2) is 18.1 Å². The Morgan fingerprint density at radius 3 is 2.68 bits per heavy atom. The highest BCUT2D eigenvalue weighted by Crippen LogP contribution is 2.38. The summed E-state index contributed by atoms with van der Waals surface area (Å²) < 4.78 is 29.8. The molecule has 0 radical (unpaired) electrons. The van der Waals surface area contributed by atoms with Crippen LogP contribution in [0.3, 0.4) is 0 Å². The van der Waals surface area contributed by atoms with E-state index in [9.17, 15) is 18.4 Å². The molecule has 1 atom stereocenters. The van der Waals surface area contributed by atoms with Crippen LogP contribution in [0.25, 0.3) is 5.52 Å². The molecular weight excluding hydrogens is 442 g/mol. The van der Waals surface area contributed by atoms with Crippen LogP contribution >= 0.6 is 0 Å². The minimum Gasteiger partial charge on any atom is -0.364 e. The zero-order chi connectivity index (χ0) is 23.7. The molecule has 1 aliphatic carbocycles. The predicted molar refractivity (Wildman–Crippen MR) is 121 cm³/mol. The van der Waals surface area contributed by atoms with Crippen LogP contribution in [0.1, 0.15) is 66.9 Å². The molecule has 1 aromatic carbocycles. The molecule has 0 spiro atoms. The van der Waals surface area contributed by atoms with Gasteiger partial charge in [0.1, 0.15) is 11.6 Å². The molecule has 2 fully saturated rings. The first kappa shape index (κ1) is 22.3. The molecular formula is C25H26F2N4O3. The molecule has 5 rings (SSSR count). The number of rotatable bonds is 4. The third-order valence-electron chi connectivity index (χ3n) is 6.83. The fourth-order valence-corrected chi connectivity index (χ4v) is 5.07. The van der Waals surface area contributed by atoms with E-state index in [2.05, 4.69) is 10.6 Å². The number of halogens is 2. The van der Waals surface area contributed by atoms with Crippen LogP contribution in [0.15, 0.2) is 42.7 Å². The summed E-state index contributed by atoms with van der Waals surface area (Å²) in [6.45, 7) is 0.672. The van der Waals surface area contributed by atoms with E-state index in [0.717, 1.165) is 56.3 Å². The van der Waals surface area contributed by atoms with Crippen LogP contribution in [0.5, 0.6) is 0 Å². The summed E-state index contributed by atoms with van der Waals surface area (Å²) in [5, 5.41) is 4.21. The molecule has 3 aromatic rings. The molecule has 1 aliphatic heterocycles. The summed E-state index contributed by atoms with van der Waals surface area (Å²) in [7, 11) is 0. The average Bonchev–Trinajstić information content (AvgIpc) is 3.51. The van der Waals surface area contributed by atoms with Crippen molar-refractivity contribution >= 4 is 23.1 Å². The second-order valence-electron chi connectivity index (χ2n) is 8.98. The van der Waals surface area contributed by atoms with Crippen LogP contribution in [0, 0.1) is 17.6 Å². The highest BCUT2D eigenvalue weighted by atomic mass is 19.1. The number of benzene rings is 1. The Morgan fingerprint density at radius 1 is 1.03 bits per heavy atom. The molecule has 1 N–H and O–H groups in total. The van der Waals surface area contributed by atoms with E-state index in [1.165, 1.54) is 12.3 Å². The van der Waals surface area contributed by atoms with Gasteiger partial charge >= 0.3 is 5.97 Å². The zero-order valence-corrected chi connectivity index (χ0v) is 18.7. The second-order valence-corrected chi connectivity index (χ2v) is 8.98. The molecule has 1 amide bonds. The number of carbonyl (C=O) groups is 2. The normalized spacial score (nSPS) is 18.9. The lowest BCUT2D eigenvalue weighted by Crippen LogP contribution is -2.31. The molecule has 2 aliphatic rings. The lowest BCUT2D eigenvalue weighted by molar-refractivity contribution is -0.155. The van der Waals surface area contributed by atoms with Crippen LogP contribution in [0.4, 0.5) is 14.5 Å². The molecule has 3 heterocycles. The van der Waals surface area contributed by atoms with Crippen molar-refractivity contribution in [3.63, 3.8) is 0 Å². The van der Waals surface area contributed by atoms with E-state index < -0.39 is 23.5 Å². The van der Waals surface area contributed by atoms with Gasteiger partial charge in [-0.05, 0) is 56.0 Å². The molecule has 178 valence electrons. The van der Waals surface area contributed by atoms with E-state index in [1.807, 2.05) is 11.0 Å². The fraction of sp³-hybridized carbons (Fsp3) is 0.400. The Morgan fingerprint density at radius 2 is 1.85 bits per heavy atom. The van der Waals surface area contributed by atoms with Gasteiger partial charge in [0.2, 0.25) is 0 Å². The van der Waals surface area contributed by atoms with Gasteiger partial charge in [0.05, 0.1) is 29.2 Å². The number of hydroxylamine groups is 1. The van der Waals surface area contributed by atoms with Crippen molar-refractivity contribution in [3.8, 4) is 0 Å². The Labute approximate surface area is 195 Å². The van der Waals surface area contributed by atoms with Gasteiger partial charge in [-0.2, -0.15) is 10.6 Å². The summed E-state index contributed by atoms with van der Waals surface area (Å²) in [4.78, 5) is 32.1. The topological polar surface area (TPSA) is 75.9 Å². The van der Waals surface area contributed by atoms with Crippen LogP contribution < -0.4 is 10.4 Å². The summed E-state index contributed by atoms with van der Waals surface area (Å²) in [6, 6.07) is 6.83. The third-order valence-corrected chi connectivity index (χ3v) is 6.83. The Bertz CT molecular complexity index is 1220. The summed E-state index contributed by atoms with van der Waals surface area (Å²) in [5.41, 5.74) is 4.13. The number of hydrogen-bond acceptors (Lipinski definition) is 5. The lowest BCUT2D eigenvalue weighted by atomic mass is 9.89. The minimum atomic E-state index is -0.564. The number of nitrogens with zero attached hydrogens (tertiary/aromatic N) is 3. The average molecular weight is 469 g/mol. The Balaban J connectivity index is 1.36. The predicted octanol–water partition coefficient (Wildman–Crippen LogP) is 4.72. The van der Waals surface area contributed by atoms with Gasteiger partial charge in [0.25, 0.3) is 5.91 Å². The van der Waals surface area contributed by atoms with E-state index in [0.29, 0.717) is 24.0 Å². The van der Waals surface area contributed by atoms with E-state index in [4.69, 9.17) is 4.84 Å². The van der Waals surface area contributed by atoms with Crippen molar-refractivity contribution in [2.24, 2.45) is 5.92 Å². The fourth-order valence-electron chi connectivity index (χ4n) is 5.07. The number of fused-ring (bicyclic) bond motifs is 1. The van der Waals surface area contributed by atoms with Crippen molar-refractivity contribution < 1.29 is 23.2 Å². The second kappa shape index (κ2) is 9.40. The van der Waals surface area contributed by atoms with Crippen LogP contribution in [0.2, 0.25) is 0 Å². The summed E-state index contributed by atoms with van der Waals surface area (Å²) in [6.07, 6.45) is 9.29. The Hall–Kier alpha value is -3.49. The minimum absolute atomic E-state index is 0.181. The molecule has 0 unspecified atom stereocenters. The number of anilines is 1. The first-order valence-corrected chi connectivity index (χ1v) is 11.7. The van der Waals surface area contributed by atoms with Crippen LogP contribution in [-0.4, -0.2) is 28.0 Å². The maximum Gasteiger partial charge on any atom is 0.335 e. The standard InChI is InChI=1S/C25H26F2N4O3/c26-17-8-9-21(27)19(13-17)22-7-4-11-30(22)18-10-12-31-23(14-18)20(15-28-31)24(32)29-34-25(33)16-5-2-1-3-6-16/h8-10,12-16,22H,1-7,11H2,(H,29,32)/t22-/m1/s1. The number of nitrogens with one attached hydrogen (secondary N) is 1. The molecule has 34 heavy (non-hydrogen) atoms. The molecule has 2 aromatic heterocycles. The summed E-state index contributed by atoms with van der Waals surface area (Å²) >= 11 is 0. The van der Waals surface area contributed by atoms with Crippen molar-refractivity contribution in [2.75, 3.05) is 11.4 Å². The number of hydrogen-bond donors (Lipinski definition) is 1. The van der Waals surface area contributed by atoms with Crippen molar-refractivity contribution in [1.29, 1.82) is 0 Å². The largest absolute Gasteiger partial charge is 0.364 e. The Kier molecular flexibility index (Phi) is 6.17. The quantitative estimate of drug-likeness (QED) is 0.561. The highest BCUT2D eigenvalue weighted by molar-refractivity contribution is 6.01. The van der Waals surface area contributed by atoms with Gasteiger partial charge < -0.3 is 9.74 Å². The lowest BCUT2D eigenvalue weighted by Gasteiger charge is -2.27. The molecule has 0 bridgehead atoms. The summed E-state index contributed by atoms with van der Waals surface area (Å²) in [5.74, 6) is -2.08. The van der Waals surface area contributed by atoms with Gasteiger partial charge in [0.15, 0.2) is 0 Å². The molecule has 9 heteroatoms. The number of amides is 1. The first-order valence-electron chi connectivity index (χ1n) is 11.7. The van der Waals surface area contributed by atoms with Gasteiger partial charge in [-0.1, -0.05) is 19.3 Å². The number of pyridine rings is 1. The van der Waals surface area contributed by atoms with E-state index in [1.54, 1.807) is 16.8 Å². The van der Waals surface area contributed by atoms with Gasteiger partial charge in [-0.3, -0.25) is 4.79 Å². The third kappa shape index (κ3) is 4.34. The molecule has 7 nitrogen and oxygen atoms in total. The molecule has 1 saturated carbocycles.